The highest BCUT2D eigenvalue weighted by Crippen LogP contribution is 2.18. The lowest BCUT2D eigenvalue weighted by Crippen LogP contribution is -2.55. The van der Waals surface area contributed by atoms with Crippen molar-refractivity contribution in [1.29, 1.82) is 5.26 Å². The third kappa shape index (κ3) is 3.73. The van der Waals surface area contributed by atoms with Crippen LogP contribution in [0.15, 0.2) is 24.3 Å². The molecule has 5 nitrogen and oxygen atoms in total. The number of nitriles is 1. The Labute approximate surface area is 126 Å². The topological polar surface area (TPSA) is 59.4 Å². The number of hydrogen-bond acceptors (Lipinski definition) is 3. The third-order valence-corrected chi connectivity index (χ3v) is 3.80. The van der Waals surface area contributed by atoms with Gasteiger partial charge >= 0.3 is 6.03 Å². The van der Waals surface area contributed by atoms with Gasteiger partial charge in [0.05, 0.1) is 11.3 Å². The van der Waals surface area contributed by atoms with E-state index in [4.69, 9.17) is 5.26 Å². The van der Waals surface area contributed by atoms with E-state index in [1.165, 1.54) is 0 Å². The first kappa shape index (κ1) is 15.3. The number of nitrogens with zero attached hydrogens (tertiary/aromatic N) is 3. The van der Waals surface area contributed by atoms with Crippen molar-refractivity contribution >= 4 is 11.7 Å². The summed E-state index contributed by atoms with van der Waals surface area (Å²) >= 11 is 0. The van der Waals surface area contributed by atoms with Crippen LogP contribution in [0.2, 0.25) is 0 Å². The van der Waals surface area contributed by atoms with E-state index in [2.05, 4.69) is 37.1 Å². The summed E-state index contributed by atoms with van der Waals surface area (Å²) < 4.78 is 0. The van der Waals surface area contributed by atoms with Crippen LogP contribution < -0.4 is 5.32 Å². The molecule has 2 rings (SSSR count). The van der Waals surface area contributed by atoms with Crippen molar-refractivity contribution in [2.24, 2.45) is 0 Å². The second-order valence-electron chi connectivity index (χ2n) is 6.23. The zero-order valence-electron chi connectivity index (χ0n) is 12.9. The molecule has 1 aromatic rings. The molecule has 1 heterocycles. The summed E-state index contributed by atoms with van der Waals surface area (Å²) in [5, 5.41) is 11.9. The second kappa shape index (κ2) is 6.15. The van der Waals surface area contributed by atoms with Gasteiger partial charge in [-0.2, -0.15) is 5.26 Å². The summed E-state index contributed by atoms with van der Waals surface area (Å²) in [5.41, 5.74) is 1.19. The number of nitrogens with one attached hydrogen (secondary N) is 1. The maximum Gasteiger partial charge on any atom is 0.321 e. The zero-order chi connectivity index (χ0) is 15.5. The van der Waals surface area contributed by atoms with E-state index in [-0.39, 0.29) is 11.6 Å². The number of anilines is 1. The van der Waals surface area contributed by atoms with E-state index >= 15 is 0 Å². The first-order valence-electron chi connectivity index (χ1n) is 7.22. The molecule has 1 saturated heterocycles. The van der Waals surface area contributed by atoms with E-state index in [0.717, 1.165) is 13.1 Å². The molecule has 0 aromatic heterocycles. The monoisotopic (exact) mass is 286 g/mol. The van der Waals surface area contributed by atoms with Gasteiger partial charge in [0, 0.05) is 31.7 Å². The number of hydrogen-bond donors (Lipinski definition) is 1. The summed E-state index contributed by atoms with van der Waals surface area (Å²) in [4.78, 5) is 16.5. The molecule has 0 bridgehead atoms. The SMILES string of the molecule is CC(C)(C)N1CCN(C(=O)Nc2ccccc2C#N)CC1. The maximum atomic E-state index is 12.3. The lowest BCUT2D eigenvalue weighted by molar-refractivity contribution is 0.0774. The van der Waals surface area contributed by atoms with Gasteiger partial charge in [-0.15, -0.1) is 0 Å². The van der Waals surface area contributed by atoms with Crippen LogP contribution in [-0.4, -0.2) is 47.5 Å². The first-order valence-corrected chi connectivity index (χ1v) is 7.22. The number of urea groups is 1. The van der Waals surface area contributed by atoms with Gasteiger partial charge in [-0.05, 0) is 32.9 Å². The fourth-order valence-corrected chi connectivity index (χ4v) is 2.46. The van der Waals surface area contributed by atoms with Crippen molar-refractivity contribution in [2.45, 2.75) is 26.3 Å². The fraction of sp³-hybridized carbons (Fsp3) is 0.500. The second-order valence-corrected chi connectivity index (χ2v) is 6.23. The van der Waals surface area contributed by atoms with Gasteiger partial charge in [0.1, 0.15) is 6.07 Å². The molecule has 112 valence electrons. The normalized spacial score (nSPS) is 16.4. The Balaban J connectivity index is 1.96. The van der Waals surface area contributed by atoms with E-state index in [1.54, 1.807) is 23.1 Å². The molecule has 1 aromatic carbocycles. The number of amides is 2. The number of carbonyl (C=O) groups is 1. The molecular weight excluding hydrogens is 264 g/mol. The molecule has 0 spiro atoms. The highest BCUT2D eigenvalue weighted by atomic mass is 16.2. The lowest BCUT2D eigenvalue weighted by Gasteiger charge is -2.42. The van der Waals surface area contributed by atoms with Crippen molar-refractivity contribution in [3.05, 3.63) is 29.8 Å². The Hall–Kier alpha value is -2.06. The minimum Gasteiger partial charge on any atom is -0.322 e. The van der Waals surface area contributed by atoms with Crippen LogP contribution in [0.5, 0.6) is 0 Å². The molecule has 5 heteroatoms. The molecule has 0 saturated carbocycles. The predicted octanol–water partition coefficient (Wildman–Crippen LogP) is 2.51. The van der Waals surface area contributed by atoms with Crippen LogP contribution in [0.4, 0.5) is 10.5 Å². The highest BCUT2D eigenvalue weighted by molar-refractivity contribution is 5.90. The number of rotatable bonds is 1. The Morgan fingerprint density at radius 3 is 2.38 bits per heavy atom. The van der Waals surface area contributed by atoms with Gasteiger partial charge in [0.25, 0.3) is 0 Å². The molecule has 2 amide bonds. The Kier molecular flexibility index (Phi) is 4.49. The quantitative estimate of drug-likeness (QED) is 0.863. The van der Waals surface area contributed by atoms with Gasteiger partial charge in [0.15, 0.2) is 0 Å². The van der Waals surface area contributed by atoms with Crippen LogP contribution in [0.1, 0.15) is 26.3 Å². The van der Waals surface area contributed by atoms with Crippen LogP contribution in [0.3, 0.4) is 0 Å². The van der Waals surface area contributed by atoms with Crippen molar-refractivity contribution in [3.8, 4) is 6.07 Å². The summed E-state index contributed by atoms with van der Waals surface area (Å²) in [6.45, 7) is 9.72. The van der Waals surface area contributed by atoms with Gasteiger partial charge in [0.2, 0.25) is 0 Å². The number of carbonyl (C=O) groups excluding carboxylic acids is 1. The van der Waals surface area contributed by atoms with Gasteiger partial charge in [-0.25, -0.2) is 4.79 Å². The molecule has 0 unspecified atom stereocenters. The Bertz CT molecular complexity index is 548. The smallest absolute Gasteiger partial charge is 0.321 e. The van der Waals surface area contributed by atoms with Crippen molar-refractivity contribution in [3.63, 3.8) is 0 Å². The third-order valence-electron chi connectivity index (χ3n) is 3.80. The van der Waals surface area contributed by atoms with E-state index in [1.807, 2.05) is 6.07 Å². The number of piperazine rings is 1. The first-order chi connectivity index (χ1) is 9.91. The largest absolute Gasteiger partial charge is 0.322 e. The van der Waals surface area contributed by atoms with Crippen LogP contribution >= 0.6 is 0 Å². The molecule has 0 radical (unpaired) electrons. The van der Waals surface area contributed by atoms with Gasteiger partial charge < -0.3 is 10.2 Å². The van der Waals surface area contributed by atoms with E-state index < -0.39 is 0 Å². The Morgan fingerprint density at radius 2 is 1.81 bits per heavy atom. The van der Waals surface area contributed by atoms with Gasteiger partial charge in [-0.1, -0.05) is 12.1 Å². The predicted molar refractivity (Wildman–Crippen MR) is 83.1 cm³/mol. The van der Waals surface area contributed by atoms with Crippen molar-refractivity contribution in [2.75, 3.05) is 31.5 Å². The molecular formula is C16H22N4O. The molecule has 1 N–H and O–H groups in total. The molecule has 21 heavy (non-hydrogen) atoms. The lowest BCUT2D eigenvalue weighted by atomic mass is 10.1. The van der Waals surface area contributed by atoms with E-state index in [9.17, 15) is 4.79 Å². The van der Waals surface area contributed by atoms with E-state index in [0.29, 0.717) is 24.3 Å². The summed E-state index contributed by atoms with van der Waals surface area (Å²) in [7, 11) is 0. The molecule has 1 aliphatic rings. The average Bonchev–Trinajstić information content (AvgIpc) is 2.47. The highest BCUT2D eigenvalue weighted by Gasteiger charge is 2.27. The number of benzene rings is 1. The maximum absolute atomic E-state index is 12.3. The number of para-hydroxylation sites is 1. The molecule has 0 atom stereocenters. The summed E-state index contributed by atoms with van der Waals surface area (Å²) in [6.07, 6.45) is 0. The van der Waals surface area contributed by atoms with Gasteiger partial charge in [-0.3, -0.25) is 4.90 Å². The van der Waals surface area contributed by atoms with Crippen LogP contribution in [-0.2, 0) is 0 Å². The van der Waals surface area contributed by atoms with Crippen LogP contribution in [0.25, 0.3) is 0 Å². The summed E-state index contributed by atoms with van der Waals surface area (Å²) in [6, 6.07) is 9.01. The molecule has 1 aliphatic heterocycles. The average molecular weight is 286 g/mol. The van der Waals surface area contributed by atoms with Crippen molar-refractivity contribution in [1.82, 2.24) is 9.80 Å². The van der Waals surface area contributed by atoms with Crippen LogP contribution in [0, 0.1) is 11.3 Å². The minimum absolute atomic E-state index is 0.133. The molecule has 1 fully saturated rings. The standard InChI is InChI=1S/C16H22N4O/c1-16(2,3)20-10-8-19(9-11-20)15(21)18-14-7-5-4-6-13(14)12-17/h4-7H,8-11H2,1-3H3,(H,18,21). The summed E-state index contributed by atoms with van der Waals surface area (Å²) in [5.74, 6) is 0. The zero-order valence-corrected chi connectivity index (χ0v) is 12.9. The van der Waals surface area contributed by atoms with Crippen molar-refractivity contribution < 1.29 is 4.79 Å². The minimum atomic E-state index is -0.133. The fourth-order valence-electron chi connectivity index (χ4n) is 2.46. The Morgan fingerprint density at radius 1 is 1.19 bits per heavy atom. The molecule has 0 aliphatic carbocycles.